The lowest BCUT2D eigenvalue weighted by Gasteiger charge is -2.28. The van der Waals surface area contributed by atoms with Crippen LogP contribution in [0.2, 0.25) is 0 Å². The molecule has 0 aliphatic carbocycles. The van der Waals surface area contributed by atoms with E-state index in [1.165, 1.54) is 6.20 Å². The van der Waals surface area contributed by atoms with Crippen molar-refractivity contribution in [3.8, 4) is 0 Å². The Morgan fingerprint density at radius 2 is 1.67 bits per heavy atom. The number of rotatable bonds is 11. The molecular weight excluding hydrogens is 496 g/mol. The lowest BCUT2D eigenvalue weighted by Crippen LogP contribution is -2.47. The van der Waals surface area contributed by atoms with Crippen LogP contribution in [0.25, 0.3) is 21.8 Å². The molecule has 0 bridgehead atoms. The Balaban J connectivity index is 1.59. The third kappa shape index (κ3) is 7.57. The van der Waals surface area contributed by atoms with Crippen molar-refractivity contribution in [1.29, 1.82) is 0 Å². The zero-order chi connectivity index (χ0) is 28.0. The van der Waals surface area contributed by atoms with E-state index in [-0.39, 0.29) is 31.4 Å². The van der Waals surface area contributed by atoms with Gasteiger partial charge in [0.1, 0.15) is 5.69 Å². The first-order valence-electron chi connectivity index (χ1n) is 13.0. The lowest BCUT2D eigenvalue weighted by atomic mass is 9.87. The van der Waals surface area contributed by atoms with Crippen LogP contribution < -0.4 is 10.8 Å². The number of aliphatic hydroxyl groups excluding tert-OH is 1. The molecule has 3 atom stereocenters. The van der Waals surface area contributed by atoms with Crippen LogP contribution in [0.3, 0.4) is 0 Å². The van der Waals surface area contributed by atoms with Crippen molar-refractivity contribution in [2.75, 3.05) is 0 Å². The summed E-state index contributed by atoms with van der Waals surface area (Å²) in [6.45, 7) is 3.26. The van der Waals surface area contributed by atoms with Gasteiger partial charge in [0, 0.05) is 5.92 Å². The van der Waals surface area contributed by atoms with E-state index in [1.54, 1.807) is 31.5 Å². The molecule has 3 aromatic carbocycles. The van der Waals surface area contributed by atoms with Crippen LogP contribution in [0.4, 0.5) is 0 Å². The fourth-order valence-corrected chi connectivity index (χ4v) is 4.64. The van der Waals surface area contributed by atoms with Gasteiger partial charge >= 0.3 is 0 Å². The maximum Gasteiger partial charge on any atom is 0.271 e. The number of benzene rings is 3. The van der Waals surface area contributed by atoms with Crippen LogP contribution in [-0.4, -0.2) is 54.9 Å². The van der Waals surface area contributed by atoms with E-state index in [9.17, 15) is 25.0 Å². The Morgan fingerprint density at radius 3 is 2.38 bits per heavy atom. The van der Waals surface area contributed by atoms with Gasteiger partial charge < -0.3 is 15.5 Å². The van der Waals surface area contributed by atoms with Crippen LogP contribution in [0.15, 0.2) is 72.9 Å². The zero-order valence-electron chi connectivity index (χ0n) is 22.0. The quantitative estimate of drug-likeness (QED) is 0.147. The number of aromatic nitrogens is 2. The minimum absolute atomic E-state index is 0.0373. The molecule has 1 aromatic heterocycles. The van der Waals surface area contributed by atoms with Crippen LogP contribution in [0, 0.1) is 5.92 Å². The minimum atomic E-state index is -1.14. The molecule has 39 heavy (non-hydrogen) atoms. The number of carbonyl (C=O) groups is 2. The summed E-state index contributed by atoms with van der Waals surface area (Å²) >= 11 is 0. The molecule has 5 N–H and O–H groups in total. The summed E-state index contributed by atoms with van der Waals surface area (Å²) in [5, 5.41) is 35.7. The topological polar surface area (TPSA) is 145 Å². The van der Waals surface area contributed by atoms with Crippen molar-refractivity contribution in [1.82, 2.24) is 20.8 Å². The minimum Gasteiger partial charge on any atom is -0.391 e. The molecule has 9 heteroatoms. The number of hydroxylamine groups is 1. The van der Waals surface area contributed by atoms with Gasteiger partial charge in [-0.2, -0.15) is 0 Å². The van der Waals surface area contributed by atoms with E-state index in [4.69, 9.17) is 0 Å². The Hall–Kier alpha value is -3.92. The number of nitrogens with zero attached hydrogens (tertiary/aromatic N) is 2. The molecule has 1 heterocycles. The molecule has 0 aliphatic rings. The molecule has 4 aromatic rings. The van der Waals surface area contributed by atoms with E-state index in [0.29, 0.717) is 11.0 Å². The average molecular weight is 531 g/mol. The smallest absolute Gasteiger partial charge is 0.271 e. The molecule has 9 nitrogen and oxygen atoms in total. The highest BCUT2D eigenvalue weighted by molar-refractivity contribution is 5.94. The van der Waals surface area contributed by atoms with E-state index in [1.807, 2.05) is 54.6 Å². The number of fused-ring (bicyclic) bond motifs is 2. The lowest BCUT2D eigenvalue weighted by molar-refractivity contribution is -0.135. The van der Waals surface area contributed by atoms with Crippen LogP contribution in [0.1, 0.15) is 49.2 Å². The summed E-state index contributed by atoms with van der Waals surface area (Å²) < 4.78 is 0. The summed E-state index contributed by atoms with van der Waals surface area (Å²) in [6, 6.07) is 20.3. The highest BCUT2D eigenvalue weighted by Crippen LogP contribution is 2.23. The molecule has 0 saturated heterocycles. The number of amides is 2. The predicted octanol–water partition coefficient (Wildman–Crippen LogP) is 3.55. The number of para-hydroxylation sites is 2. The van der Waals surface area contributed by atoms with Crippen molar-refractivity contribution in [2.24, 2.45) is 5.92 Å². The molecule has 0 fully saturated rings. The Kier molecular flexibility index (Phi) is 8.86. The monoisotopic (exact) mass is 530 g/mol. The largest absolute Gasteiger partial charge is 0.391 e. The molecule has 0 spiro atoms. The Morgan fingerprint density at radius 1 is 0.974 bits per heavy atom. The van der Waals surface area contributed by atoms with Gasteiger partial charge in [-0.1, -0.05) is 54.6 Å². The first-order valence-corrected chi connectivity index (χ1v) is 13.0. The maximum absolute atomic E-state index is 13.3. The van der Waals surface area contributed by atoms with Crippen molar-refractivity contribution >= 4 is 33.6 Å². The van der Waals surface area contributed by atoms with Crippen LogP contribution in [0.5, 0.6) is 0 Å². The third-order valence-corrected chi connectivity index (χ3v) is 6.84. The van der Waals surface area contributed by atoms with Gasteiger partial charge in [-0.3, -0.25) is 19.8 Å². The molecule has 4 rings (SSSR count). The van der Waals surface area contributed by atoms with Gasteiger partial charge in [-0.05, 0) is 68.0 Å². The first-order chi connectivity index (χ1) is 18.6. The summed E-state index contributed by atoms with van der Waals surface area (Å²) in [6.07, 6.45) is 1.02. The molecular formula is C30H34N4O5. The van der Waals surface area contributed by atoms with E-state index in [2.05, 4.69) is 15.3 Å². The average Bonchev–Trinajstić information content (AvgIpc) is 2.93. The van der Waals surface area contributed by atoms with Gasteiger partial charge in [0.05, 0.1) is 35.0 Å². The van der Waals surface area contributed by atoms with E-state index < -0.39 is 35.5 Å². The summed E-state index contributed by atoms with van der Waals surface area (Å²) in [5.74, 6) is -1.94. The molecule has 0 radical (unpaired) electrons. The third-order valence-electron chi connectivity index (χ3n) is 6.84. The van der Waals surface area contributed by atoms with E-state index in [0.717, 1.165) is 16.3 Å². The zero-order valence-corrected chi connectivity index (χ0v) is 22.0. The van der Waals surface area contributed by atoms with Gasteiger partial charge in [0.25, 0.3) is 5.91 Å². The van der Waals surface area contributed by atoms with Gasteiger partial charge in [0.15, 0.2) is 0 Å². The first kappa shape index (κ1) is 28.1. The molecule has 0 unspecified atom stereocenters. The maximum atomic E-state index is 13.3. The molecule has 0 aliphatic heterocycles. The molecule has 0 saturated carbocycles. The normalized spacial score (nSPS) is 14.1. The van der Waals surface area contributed by atoms with Crippen LogP contribution >= 0.6 is 0 Å². The second-order valence-electron chi connectivity index (χ2n) is 10.5. The predicted molar refractivity (Wildman–Crippen MR) is 148 cm³/mol. The summed E-state index contributed by atoms with van der Waals surface area (Å²) in [7, 11) is 0. The van der Waals surface area contributed by atoms with Gasteiger partial charge in [-0.15, -0.1) is 0 Å². The number of hydrogen-bond donors (Lipinski definition) is 5. The second-order valence-corrected chi connectivity index (χ2v) is 10.5. The number of carbonyl (C=O) groups excluding carboxylic acids is 2. The molecule has 2 amide bonds. The van der Waals surface area contributed by atoms with Gasteiger partial charge in [-0.25, -0.2) is 10.5 Å². The van der Waals surface area contributed by atoms with Crippen molar-refractivity contribution < 1.29 is 25.0 Å². The highest BCUT2D eigenvalue weighted by Gasteiger charge is 2.30. The Labute approximate surface area is 226 Å². The summed E-state index contributed by atoms with van der Waals surface area (Å²) in [4.78, 5) is 34.4. The fraction of sp³-hybridized carbons (Fsp3) is 0.333. The highest BCUT2D eigenvalue weighted by atomic mass is 16.5. The van der Waals surface area contributed by atoms with Crippen molar-refractivity contribution in [3.05, 3.63) is 84.2 Å². The molecule has 204 valence electrons. The number of nitrogens with one attached hydrogen (secondary N) is 2. The summed E-state index contributed by atoms with van der Waals surface area (Å²) in [5.41, 5.74) is 2.87. The Bertz CT molecular complexity index is 1450. The SMILES string of the molecule is CC(C)(O)CC[C@H](C[C@H](O)[C@H](Cc1ccc2ccccc2c1)NC(=O)c1cnc2ccccc2n1)C(=O)NO. The van der Waals surface area contributed by atoms with Crippen LogP contribution in [-0.2, 0) is 11.2 Å². The van der Waals surface area contributed by atoms with Gasteiger partial charge in [0.2, 0.25) is 5.91 Å². The standard InChI is InChI=1S/C30H34N4O5/c1-30(2,38)14-13-22(28(36)34-39)17-27(35)25(16-19-11-12-20-7-3-4-8-21(20)15-19)33-29(37)26-18-31-23-9-5-6-10-24(23)32-26/h3-12,15,18,22,25,27,35,38-39H,13-14,16-17H2,1-2H3,(H,33,37)(H,34,36)/t22-,25+,27+/m1/s1. The van der Waals surface area contributed by atoms with Crippen molar-refractivity contribution in [2.45, 2.75) is 57.3 Å². The number of aliphatic hydroxyl groups is 2. The van der Waals surface area contributed by atoms with E-state index >= 15 is 0 Å². The van der Waals surface area contributed by atoms with Crippen molar-refractivity contribution in [3.63, 3.8) is 0 Å². The number of hydrogen-bond acceptors (Lipinski definition) is 7. The fourth-order valence-electron chi connectivity index (χ4n) is 4.64. The second kappa shape index (κ2) is 12.3.